The number of nitrogens with zero attached hydrogens (tertiary/aromatic N) is 4. The Labute approximate surface area is 183 Å². The molecular formula is C21H25F3N4O4. The van der Waals surface area contributed by atoms with Crippen molar-refractivity contribution in [2.24, 2.45) is 5.92 Å². The number of halogens is 3. The summed E-state index contributed by atoms with van der Waals surface area (Å²) < 4.78 is 48.4. The third kappa shape index (κ3) is 6.52. The van der Waals surface area contributed by atoms with Crippen molar-refractivity contribution in [3.8, 4) is 17.1 Å². The minimum atomic E-state index is -4.29. The summed E-state index contributed by atoms with van der Waals surface area (Å²) in [6.07, 6.45) is -1.80. The van der Waals surface area contributed by atoms with Crippen LogP contribution < -0.4 is 9.64 Å². The molecule has 0 spiro atoms. The molecule has 3 rings (SSSR count). The van der Waals surface area contributed by atoms with Crippen LogP contribution in [-0.4, -0.2) is 65.6 Å². The molecule has 1 fully saturated rings. The van der Waals surface area contributed by atoms with Gasteiger partial charge in [0.15, 0.2) is 5.82 Å². The number of hydrogen-bond donors (Lipinski definition) is 1. The Morgan fingerprint density at radius 3 is 2.53 bits per heavy atom. The standard InChI is InChI=1S/C21H25F3N4O4/c1-31-10-11-32-17-3-2-15(12-25-17)18-19(28-8-5-14(6-9-28)20(29)30)27-16(13-26-18)4-7-21(22,23)24/h2-3,12-14H,4-11H2,1H3,(H,29,30). The lowest BCUT2D eigenvalue weighted by molar-refractivity contribution is -0.142. The number of pyridine rings is 1. The van der Waals surface area contributed by atoms with Gasteiger partial charge in [0.2, 0.25) is 5.88 Å². The molecule has 0 atom stereocenters. The van der Waals surface area contributed by atoms with Crippen LogP contribution in [0.2, 0.25) is 0 Å². The Morgan fingerprint density at radius 2 is 1.94 bits per heavy atom. The third-order valence-electron chi connectivity index (χ3n) is 5.16. The number of rotatable bonds is 9. The second-order valence-corrected chi connectivity index (χ2v) is 7.47. The summed E-state index contributed by atoms with van der Waals surface area (Å²) in [6, 6.07) is 3.42. The first-order chi connectivity index (χ1) is 15.3. The lowest BCUT2D eigenvalue weighted by atomic mass is 9.97. The van der Waals surface area contributed by atoms with E-state index in [0.717, 1.165) is 0 Å². The first-order valence-corrected chi connectivity index (χ1v) is 10.3. The lowest BCUT2D eigenvalue weighted by Gasteiger charge is -2.32. The number of aromatic nitrogens is 3. The summed E-state index contributed by atoms with van der Waals surface area (Å²) in [5.74, 6) is -0.447. The lowest BCUT2D eigenvalue weighted by Crippen LogP contribution is -2.37. The molecule has 0 aromatic carbocycles. The molecule has 8 nitrogen and oxygen atoms in total. The first kappa shape index (κ1) is 23.7. The Balaban J connectivity index is 1.85. The van der Waals surface area contributed by atoms with E-state index in [1.165, 1.54) is 6.20 Å². The fourth-order valence-electron chi connectivity index (χ4n) is 3.40. The molecule has 0 amide bonds. The van der Waals surface area contributed by atoms with Crippen molar-refractivity contribution in [1.29, 1.82) is 0 Å². The Hall–Kier alpha value is -2.95. The summed E-state index contributed by atoms with van der Waals surface area (Å²) >= 11 is 0. The molecule has 2 aromatic heterocycles. The van der Waals surface area contributed by atoms with Crippen molar-refractivity contribution in [2.45, 2.75) is 31.9 Å². The number of carboxylic acid groups (broad SMARTS) is 1. The van der Waals surface area contributed by atoms with Crippen molar-refractivity contribution in [3.05, 3.63) is 30.2 Å². The van der Waals surface area contributed by atoms with Crippen LogP contribution in [0.25, 0.3) is 11.3 Å². The molecule has 0 aliphatic carbocycles. The summed E-state index contributed by atoms with van der Waals surface area (Å²) in [4.78, 5) is 26.3. The molecular weight excluding hydrogens is 429 g/mol. The van der Waals surface area contributed by atoms with Crippen LogP contribution in [0.4, 0.5) is 19.0 Å². The highest BCUT2D eigenvalue weighted by molar-refractivity contribution is 5.73. The van der Waals surface area contributed by atoms with E-state index in [-0.39, 0.29) is 12.1 Å². The van der Waals surface area contributed by atoms with E-state index in [0.29, 0.717) is 62.1 Å². The van der Waals surface area contributed by atoms with Gasteiger partial charge in [-0.3, -0.25) is 9.78 Å². The first-order valence-electron chi connectivity index (χ1n) is 10.3. The van der Waals surface area contributed by atoms with Crippen molar-refractivity contribution in [1.82, 2.24) is 15.0 Å². The second kappa shape index (κ2) is 10.6. The predicted octanol–water partition coefficient (Wildman–Crippen LogP) is 3.36. The number of carboxylic acids is 1. The maximum Gasteiger partial charge on any atom is 0.389 e. The predicted molar refractivity (Wildman–Crippen MR) is 110 cm³/mol. The number of ether oxygens (including phenoxy) is 2. The third-order valence-corrected chi connectivity index (χ3v) is 5.16. The number of carbonyl (C=O) groups is 1. The van der Waals surface area contributed by atoms with E-state index in [2.05, 4.69) is 15.0 Å². The number of aryl methyl sites for hydroxylation is 1. The van der Waals surface area contributed by atoms with Gasteiger partial charge in [0.25, 0.3) is 0 Å². The molecule has 1 N–H and O–H groups in total. The highest BCUT2D eigenvalue weighted by atomic mass is 19.4. The summed E-state index contributed by atoms with van der Waals surface area (Å²) in [6.45, 7) is 1.62. The highest BCUT2D eigenvalue weighted by Gasteiger charge is 2.29. The highest BCUT2D eigenvalue weighted by Crippen LogP contribution is 2.31. The fraction of sp³-hybridized carbons (Fsp3) is 0.524. The normalized spacial score (nSPS) is 15.1. The van der Waals surface area contributed by atoms with Crippen LogP contribution in [0.5, 0.6) is 5.88 Å². The average molecular weight is 454 g/mol. The molecule has 0 saturated carbocycles. The average Bonchev–Trinajstić information content (AvgIpc) is 2.78. The number of piperidine rings is 1. The molecule has 11 heteroatoms. The Bertz CT molecular complexity index is 901. The van der Waals surface area contributed by atoms with E-state index in [4.69, 9.17) is 9.47 Å². The van der Waals surface area contributed by atoms with E-state index in [1.807, 2.05) is 4.90 Å². The van der Waals surface area contributed by atoms with Crippen molar-refractivity contribution < 1.29 is 32.5 Å². The van der Waals surface area contributed by atoms with Crippen molar-refractivity contribution in [2.75, 3.05) is 38.3 Å². The molecule has 1 aliphatic rings. The molecule has 1 aliphatic heterocycles. The number of hydrogen-bond acceptors (Lipinski definition) is 7. The quantitative estimate of drug-likeness (QED) is 0.576. The van der Waals surface area contributed by atoms with Gasteiger partial charge in [0, 0.05) is 50.6 Å². The topological polar surface area (TPSA) is 97.7 Å². The number of aliphatic carboxylic acids is 1. The molecule has 2 aromatic rings. The number of anilines is 1. The molecule has 0 bridgehead atoms. The maximum absolute atomic E-state index is 12.7. The van der Waals surface area contributed by atoms with Gasteiger partial charge < -0.3 is 19.5 Å². The van der Waals surface area contributed by atoms with Gasteiger partial charge in [0.1, 0.15) is 12.3 Å². The van der Waals surface area contributed by atoms with Gasteiger partial charge in [-0.25, -0.2) is 9.97 Å². The zero-order valence-corrected chi connectivity index (χ0v) is 17.6. The summed E-state index contributed by atoms with van der Waals surface area (Å²) in [5.41, 5.74) is 1.34. The molecule has 1 saturated heterocycles. The maximum atomic E-state index is 12.7. The van der Waals surface area contributed by atoms with Crippen LogP contribution in [0, 0.1) is 5.92 Å². The van der Waals surface area contributed by atoms with Crippen molar-refractivity contribution in [3.63, 3.8) is 0 Å². The monoisotopic (exact) mass is 454 g/mol. The summed E-state index contributed by atoms with van der Waals surface area (Å²) in [7, 11) is 1.57. The second-order valence-electron chi connectivity index (χ2n) is 7.47. The van der Waals surface area contributed by atoms with Crippen LogP contribution in [-0.2, 0) is 16.0 Å². The van der Waals surface area contributed by atoms with Crippen LogP contribution in [0.3, 0.4) is 0 Å². The van der Waals surface area contributed by atoms with Crippen molar-refractivity contribution >= 4 is 11.8 Å². The molecule has 3 heterocycles. The molecule has 32 heavy (non-hydrogen) atoms. The Morgan fingerprint density at radius 1 is 1.19 bits per heavy atom. The zero-order valence-electron chi connectivity index (χ0n) is 17.6. The van der Waals surface area contributed by atoms with Gasteiger partial charge in [-0.05, 0) is 25.3 Å². The Kier molecular flexibility index (Phi) is 7.84. The molecule has 174 valence electrons. The van der Waals surface area contributed by atoms with Crippen LogP contribution >= 0.6 is 0 Å². The van der Waals surface area contributed by atoms with E-state index >= 15 is 0 Å². The minimum absolute atomic E-state index is 0.230. The van der Waals surface area contributed by atoms with Gasteiger partial charge in [-0.2, -0.15) is 13.2 Å². The number of alkyl halides is 3. The largest absolute Gasteiger partial charge is 0.481 e. The molecule has 0 radical (unpaired) electrons. The smallest absolute Gasteiger partial charge is 0.389 e. The van der Waals surface area contributed by atoms with Gasteiger partial charge in [0.05, 0.1) is 18.2 Å². The van der Waals surface area contributed by atoms with Gasteiger partial charge in [-0.15, -0.1) is 0 Å². The SMILES string of the molecule is COCCOc1ccc(-c2ncc(CCC(F)(F)F)nc2N2CCC(C(=O)O)CC2)cn1. The number of methoxy groups -OCH3 is 1. The van der Waals surface area contributed by atoms with E-state index in [1.54, 1.807) is 25.4 Å². The van der Waals surface area contributed by atoms with Crippen LogP contribution in [0.15, 0.2) is 24.5 Å². The fourth-order valence-corrected chi connectivity index (χ4v) is 3.40. The zero-order chi connectivity index (χ0) is 23.1. The summed E-state index contributed by atoms with van der Waals surface area (Å²) in [5, 5.41) is 9.24. The van der Waals surface area contributed by atoms with Crippen LogP contribution in [0.1, 0.15) is 25.0 Å². The van der Waals surface area contributed by atoms with Gasteiger partial charge in [-0.1, -0.05) is 0 Å². The van der Waals surface area contributed by atoms with E-state index < -0.39 is 24.5 Å². The minimum Gasteiger partial charge on any atom is -0.481 e. The van der Waals surface area contributed by atoms with E-state index in [9.17, 15) is 23.1 Å². The van der Waals surface area contributed by atoms with Gasteiger partial charge >= 0.3 is 12.1 Å². The molecule has 0 unspecified atom stereocenters.